The van der Waals surface area contributed by atoms with Gasteiger partial charge in [-0.1, -0.05) is 78.5 Å². The summed E-state index contributed by atoms with van der Waals surface area (Å²) in [6.45, 7) is 1.89. The van der Waals surface area contributed by atoms with Gasteiger partial charge in [0.2, 0.25) is 5.91 Å². The van der Waals surface area contributed by atoms with Gasteiger partial charge in [0.1, 0.15) is 0 Å². The molecule has 2 aromatic carbocycles. The molecule has 0 spiro atoms. The molecular formula is C22H20N4OS. The summed E-state index contributed by atoms with van der Waals surface area (Å²) >= 11 is 1.40. The maximum atomic E-state index is 13.0. The number of benzene rings is 2. The van der Waals surface area contributed by atoms with Gasteiger partial charge < -0.3 is 5.32 Å². The third kappa shape index (κ3) is 3.92. The molecule has 28 heavy (non-hydrogen) atoms. The van der Waals surface area contributed by atoms with Crippen molar-refractivity contribution in [3.8, 4) is 0 Å². The van der Waals surface area contributed by atoms with Crippen molar-refractivity contribution in [1.82, 2.24) is 19.9 Å². The van der Waals surface area contributed by atoms with Gasteiger partial charge in [0.25, 0.3) is 0 Å². The van der Waals surface area contributed by atoms with Gasteiger partial charge in [0.15, 0.2) is 10.8 Å². The number of carbonyl (C=O) groups excluding carboxylic acids is 1. The Hall–Kier alpha value is -3.12. The summed E-state index contributed by atoms with van der Waals surface area (Å²) < 4.78 is 1.89. The van der Waals surface area contributed by atoms with Crippen LogP contribution in [0.3, 0.4) is 0 Å². The minimum absolute atomic E-state index is 0.0459. The number of carbonyl (C=O) groups is 1. The monoisotopic (exact) mass is 388 g/mol. The fraction of sp³-hybridized carbons (Fsp3) is 0.136. The van der Waals surface area contributed by atoms with Crippen LogP contribution in [0.2, 0.25) is 0 Å². The highest BCUT2D eigenvalue weighted by Crippen LogP contribution is 2.25. The van der Waals surface area contributed by atoms with Gasteiger partial charge in [0.05, 0.1) is 11.3 Å². The van der Waals surface area contributed by atoms with Crippen LogP contribution in [0.4, 0.5) is 0 Å². The van der Waals surface area contributed by atoms with Gasteiger partial charge in [-0.25, -0.2) is 0 Å². The molecule has 1 amide bonds. The number of amides is 1. The standard InChI is InChI=1S/C22H20N4OS/c1-16(28-22-25-24-19-14-8-9-15-26(19)22)21(27)23-20(17-10-4-2-5-11-17)18-12-6-3-7-13-18/h2-16,20H,1H3,(H,23,27). The second-order valence-corrected chi connectivity index (χ2v) is 7.74. The molecule has 0 saturated heterocycles. The molecule has 4 rings (SSSR count). The number of pyridine rings is 1. The molecule has 4 aromatic rings. The lowest BCUT2D eigenvalue weighted by atomic mass is 9.98. The van der Waals surface area contributed by atoms with Crippen molar-refractivity contribution in [1.29, 1.82) is 0 Å². The van der Waals surface area contributed by atoms with E-state index in [1.54, 1.807) is 0 Å². The average Bonchev–Trinajstić information content (AvgIpc) is 3.16. The van der Waals surface area contributed by atoms with E-state index in [1.165, 1.54) is 11.8 Å². The first-order chi connectivity index (χ1) is 13.7. The molecule has 140 valence electrons. The third-order valence-electron chi connectivity index (χ3n) is 4.49. The van der Waals surface area contributed by atoms with E-state index in [4.69, 9.17) is 0 Å². The second-order valence-electron chi connectivity index (χ2n) is 6.43. The van der Waals surface area contributed by atoms with Crippen molar-refractivity contribution >= 4 is 23.3 Å². The van der Waals surface area contributed by atoms with E-state index in [9.17, 15) is 4.79 Å². The van der Waals surface area contributed by atoms with Crippen LogP contribution in [-0.2, 0) is 4.79 Å². The van der Waals surface area contributed by atoms with Crippen molar-refractivity contribution in [2.24, 2.45) is 0 Å². The summed E-state index contributed by atoms with van der Waals surface area (Å²) in [7, 11) is 0. The quantitative estimate of drug-likeness (QED) is 0.505. The van der Waals surface area contributed by atoms with Crippen molar-refractivity contribution < 1.29 is 4.79 Å². The summed E-state index contributed by atoms with van der Waals surface area (Å²) in [4.78, 5) is 13.0. The van der Waals surface area contributed by atoms with Crippen LogP contribution in [0, 0.1) is 0 Å². The van der Waals surface area contributed by atoms with Gasteiger partial charge in [-0.15, -0.1) is 10.2 Å². The predicted molar refractivity (Wildman–Crippen MR) is 111 cm³/mol. The van der Waals surface area contributed by atoms with Crippen LogP contribution in [0.1, 0.15) is 24.1 Å². The normalized spacial score (nSPS) is 12.2. The molecule has 0 bridgehead atoms. The maximum Gasteiger partial charge on any atom is 0.234 e. The topological polar surface area (TPSA) is 59.3 Å². The second kappa shape index (κ2) is 8.27. The Morgan fingerprint density at radius 2 is 1.50 bits per heavy atom. The number of thioether (sulfide) groups is 1. The lowest BCUT2D eigenvalue weighted by Crippen LogP contribution is -2.35. The molecule has 5 nitrogen and oxygen atoms in total. The summed E-state index contributed by atoms with van der Waals surface area (Å²) in [5.41, 5.74) is 2.86. The Kier molecular flexibility index (Phi) is 5.39. The number of hydrogen-bond donors (Lipinski definition) is 1. The lowest BCUT2D eigenvalue weighted by molar-refractivity contribution is -0.120. The van der Waals surface area contributed by atoms with Crippen LogP contribution in [0.25, 0.3) is 5.65 Å². The van der Waals surface area contributed by atoms with Crippen molar-refractivity contribution in [2.75, 3.05) is 0 Å². The molecule has 0 aliphatic heterocycles. The molecule has 0 radical (unpaired) electrons. The highest BCUT2D eigenvalue weighted by atomic mass is 32.2. The Labute approximate surface area is 167 Å². The molecule has 6 heteroatoms. The van der Waals surface area contributed by atoms with Crippen LogP contribution in [0.5, 0.6) is 0 Å². The number of nitrogens with zero attached hydrogens (tertiary/aromatic N) is 3. The van der Waals surface area contributed by atoms with Gasteiger partial charge in [-0.2, -0.15) is 0 Å². The van der Waals surface area contributed by atoms with Crippen LogP contribution in [0.15, 0.2) is 90.2 Å². The molecular weight excluding hydrogens is 368 g/mol. The molecule has 0 aliphatic carbocycles. The Morgan fingerprint density at radius 3 is 2.14 bits per heavy atom. The number of rotatable bonds is 6. The lowest BCUT2D eigenvalue weighted by Gasteiger charge is -2.21. The van der Waals surface area contributed by atoms with E-state index >= 15 is 0 Å². The molecule has 2 aromatic heterocycles. The Bertz CT molecular complexity index is 1030. The van der Waals surface area contributed by atoms with Crippen molar-refractivity contribution in [2.45, 2.75) is 23.4 Å². The van der Waals surface area contributed by atoms with Crippen LogP contribution >= 0.6 is 11.8 Å². The SMILES string of the molecule is CC(Sc1nnc2ccccn12)C(=O)NC(c1ccccc1)c1ccccc1. The highest BCUT2D eigenvalue weighted by molar-refractivity contribution is 8.00. The molecule has 1 N–H and O–H groups in total. The van der Waals surface area contributed by atoms with E-state index in [1.807, 2.05) is 96.4 Å². The van der Waals surface area contributed by atoms with Gasteiger partial charge in [0, 0.05) is 6.20 Å². The maximum absolute atomic E-state index is 13.0. The first-order valence-electron chi connectivity index (χ1n) is 9.09. The molecule has 1 unspecified atom stereocenters. The third-order valence-corrected chi connectivity index (χ3v) is 5.54. The largest absolute Gasteiger partial charge is 0.344 e. The predicted octanol–water partition coefficient (Wildman–Crippen LogP) is 4.12. The average molecular weight is 388 g/mol. The molecule has 0 fully saturated rings. The van der Waals surface area contributed by atoms with E-state index in [0.717, 1.165) is 16.8 Å². The van der Waals surface area contributed by atoms with Crippen molar-refractivity contribution in [3.05, 3.63) is 96.2 Å². The van der Waals surface area contributed by atoms with Crippen molar-refractivity contribution in [3.63, 3.8) is 0 Å². The number of nitrogens with one attached hydrogen (secondary N) is 1. The number of fused-ring (bicyclic) bond motifs is 1. The fourth-order valence-corrected chi connectivity index (χ4v) is 3.87. The molecule has 2 heterocycles. The summed E-state index contributed by atoms with van der Waals surface area (Å²) in [5, 5.41) is 11.9. The molecule has 1 atom stereocenters. The first-order valence-corrected chi connectivity index (χ1v) is 9.97. The minimum Gasteiger partial charge on any atom is -0.344 e. The highest BCUT2D eigenvalue weighted by Gasteiger charge is 2.22. The van der Waals surface area contributed by atoms with E-state index < -0.39 is 0 Å². The van der Waals surface area contributed by atoms with E-state index in [2.05, 4.69) is 15.5 Å². The Balaban J connectivity index is 1.54. The summed E-state index contributed by atoms with van der Waals surface area (Å²) in [6, 6.07) is 25.5. The minimum atomic E-state index is -0.317. The molecule has 0 saturated carbocycles. The van der Waals surface area contributed by atoms with E-state index in [0.29, 0.717) is 5.16 Å². The zero-order valence-corrected chi connectivity index (χ0v) is 16.2. The van der Waals surface area contributed by atoms with Crippen LogP contribution < -0.4 is 5.32 Å². The number of aromatic nitrogens is 3. The zero-order chi connectivity index (χ0) is 19.3. The van der Waals surface area contributed by atoms with Gasteiger partial charge in [-0.3, -0.25) is 9.20 Å². The molecule has 0 aliphatic rings. The first kappa shape index (κ1) is 18.3. The van der Waals surface area contributed by atoms with Gasteiger partial charge in [-0.05, 0) is 30.2 Å². The van der Waals surface area contributed by atoms with E-state index in [-0.39, 0.29) is 17.2 Å². The fourth-order valence-electron chi connectivity index (χ4n) is 3.02. The number of hydrogen-bond acceptors (Lipinski definition) is 4. The van der Waals surface area contributed by atoms with Crippen LogP contribution in [-0.4, -0.2) is 25.8 Å². The summed E-state index contributed by atoms with van der Waals surface area (Å²) in [6.07, 6.45) is 1.90. The summed E-state index contributed by atoms with van der Waals surface area (Å²) in [5.74, 6) is -0.0459. The Morgan fingerprint density at radius 1 is 0.893 bits per heavy atom. The van der Waals surface area contributed by atoms with Gasteiger partial charge >= 0.3 is 0 Å². The smallest absolute Gasteiger partial charge is 0.234 e. The zero-order valence-electron chi connectivity index (χ0n) is 15.4.